The lowest BCUT2D eigenvalue weighted by atomic mass is 9.82. The van der Waals surface area contributed by atoms with Crippen molar-refractivity contribution in [1.29, 1.82) is 0 Å². The van der Waals surface area contributed by atoms with Crippen LogP contribution in [0.2, 0.25) is 0 Å². The summed E-state index contributed by atoms with van der Waals surface area (Å²) in [5.74, 6) is 4.00. The molecule has 1 N–H and O–H groups in total. The summed E-state index contributed by atoms with van der Waals surface area (Å²) in [5, 5.41) is 3.76. The second-order valence-electron chi connectivity index (χ2n) is 6.17. The predicted molar refractivity (Wildman–Crippen MR) is 73.2 cm³/mol. The maximum absolute atomic E-state index is 4.60. The zero-order valence-electron chi connectivity index (χ0n) is 11.6. The Kier molecular flexibility index (Phi) is 3.42. The molecule has 100 valence electrons. The average molecular weight is 247 g/mol. The highest BCUT2D eigenvalue weighted by Gasteiger charge is 2.44. The fourth-order valence-electron chi connectivity index (χ4n) is 4.11. The standard InChI is InChI=1S/C15H25N3/c1-3-6-16-14(15-17-7-8-18(15)2)13-10-11-4-5-12(13)9-11/h7-8,11-14,16H,3-6,9-10H2,1-2H3. The van der Waals surface area contributed by atoms with Crippen LogP contribution in [-0.2, 0) is 7.05 Å². The third-order valence-electron chi connectivity index (χ3n) is 4.97. The van der Waals surface area contributed by atoms with Crippen LogP contribution < -0.4 is 5.32 Å². The van der Waals surface area contributed by atoms with Gasteiger partial charge in [-0.25, -0.2) is 4.98 Å². The number of imidazole rings is 1. The van der Waals surface area contributed by atoms with Gasteiger partial charge in [0.2, 0.25) is 0 Å². The summed E-state index contributed by atoms with van der Waals surface area (Å²) in [4.78, 5) is 4.60. The molecule has 1 aromatic heterocycles. The van der Waals surface area contributed by atoms with E-state index in [9.17, 15) is 0 Å². The Hall–Kier alpha value is -0.830. The van der Waals surface area contributed by atoms with Crippen LogP contribution in [0, 0.1) is 17.8 Å². The van der Waals surface area contributed by atoms with Gasteiger partial charge in [0.05, 0.1) is 6.04 Å². The minimum atomic E-state index is 0.472. The molecule has 0 spiro atoms. The highest BCUT2D eigenvalue weighted by Crippen LogP contribution is 2.52. The minimum absolute atomic E-state index is 0.472. The van der Waals surface area contributed by atoms with Crippen molar-refractivity contribution in [1.82, 2.24) is 14.9 Å². The number of hydrogen-bond donors (Lipinski definition) is 1. The molecule has 0 aromatic carbocycles. The number of fused-ring (bicyclic) bond motifs is 2. The van der Waals surface area contributed by atoms with E-state index in [1.165, 1.54) is 37.9 Å². The van der Waals surface area contributed by atoms with E-state index in [0.717, 1.165) is 24.3 Å². The van der Waals surface area contributed by atoms with Gasteiger partial charge in [-0.05, 0) is 50.0 Å². The SMILES string of the molecule is CCCNC(c1nccn1C)C1CC2CCC1C2. The highest BCUT2D eigenvalue weighted by molar-refractivity contribution is 5.06. The molecule has 0 aliphatic heterocycles. The molecular formula is C15H25N3. The second-order valence-corrected chi connectivity index (χ2v) is 6.17. The first-order valence-electron chi connectivity index (χ1n) is 7.50. The molecule has 1 heterocycles. The Balaban J connectivity index is 1.79. The average Bonchev–Trinajstić information content (AvgIpc) is 3.07. The number of hydrogen-bond acceptors (Lipinski definition) is 2. The summed E-state index contributed by atoms with van der Waals surface area (Å²) >= 11 is 0. The molecule has 2 bridgehead atoms. The molecule has 3 nitrogen and oxygen atoms in total. The second kappa shape index (κ2) is 5.04. The zero-order chi connectivity index (χ0) is 12.5. The molecule has 4 atom stereocenters. The van der Waals surface area contributed by atoms with Gasteiger partial charge in [-0.1, -0.05) is 13.3 Å². The van der Waals surface area contributed by atoms with Crippen molar-refractivity contribution < 1.29 is 0 Å². The lowest BCUT2D eigenvalue weighted by Gasteiger charge is -2.31. The topological polar surface area (TPSA) is 29.9 Å². The van der Waals surface area contributed by atoms with Gasteiger partial charge in [0.25, 0.3) is 0 Å². The number of aromatic nitrogens is 2. The summed E-state index contributed by atoms with van der Waals surface area (Å²) in [5.41, 5.74) is 0. The number of nitrogens with zero attached hydrogens (tertiary/aromatic N) is 2. The first kappa shape index (κ1) is 12.2. The third-order valence-corrected chi connectivity index (χ3v) is 4.97. The molecule has 4 unspecified atom stereocenters. The van der Waals surface area contributed by atoms with E-state index < -0.39 is 0 Å². The van der Waals surface area contributed by atoms with Crippen LogP contribution in [0.15, 0.2) is 12.4 Å². The first-order chi connectivity index (χ1) is 8.79. The lowest BCUT2D eigenvalue weighted by Crippen LogP contribution is -2.33. The van der Waals surface area contributed by atoms with Crippen LogP contribution in [0.4, 0.5) is 0 Å². The van der Waals surface area contributed by atoms with Crippen molar-refractivity contribution in [2.75, 3.05) is 6.54 Å². The fraction of sp³-hybridized carbons (Fsp3) is 0.800. The Labute approximate surface area is 110 Å². The van der Waals surface area contributed by atoms with Gasteiger partial charge in [0, 0.05) is 19.4 Å². The van der Waals surface area contributed by atoms with Crippen molar-refractivity contribution >= 4 is 0 Å². The van der Waals surface area contributed by atoms with Gasteiger partial charge in [-0.2, -0.15) is 0 Å². The Morgan fingerprint density at radius 3 is 2.89 bits per heavy atom. The van der Waals surface area contributed by atoms with Crippen molar-refractivity contribution in [3.8, 4) is 0 Å². The summed E-state index contributed by atoms with van der Waals surface area (Å²) in [6, 6.07) is 0.472. The molecule has 1 aromatic rings. The maximum atomic E-state index is 4.60. The van der Waals surface area contributed by atoms with Crippen molar-refractivity contribution in [3.63, 3.8) is 0 Å². The van der Waals surface area contributed by atoms with E-state index in [4.69, 9.17) is 0 Å². The van der Waals surface area contributed by atoms with E-state index in [1.807, 2.05) is 6.20 Å². The van der Waals surface area contributed by atoms with E-state index in [2.05, 4.69) is 35.0 Å². The van der Waals surface area contributed by atoms with Gasteiger partial charge in [0.15, 0.2) is 0 Å². The van der Waals surface area contributed by atoms with Gasteiger partial charge in [-0.15, -0.1) is 0 Å². The van der Waals surface area contributed by atoms with Crippen LogP contribution in [0.1, 0.15) is 50.9 Å². The molecule has 2 fully saturated rings. The molecule has 0 radical (unpaired) electrons. The summed E-state index contributed by atoms with van der Waals surface area (Å²) < 4.78 is 2.19. The van der Waals surface area contributed by atoms with E-state index in [0.29, 0.717) is 6.04 Å². The van der Waals surface area contributed by atoms with Gasteiger partial charge >= 0.3 is 0 Å². The molecular weight excluding hydrogens is 222 g/mol. The van der Waals surface area contributed by atoms with Gasteiger partial charge < -0.3 is 9.88 Å². The van der Waals surface area contributed by atoms with Gasteiger partial charge in [-0.3, -0.25) is 0 Å². The van der Waals surface area contributed by atoms with Crippen LogP contribution in [0.25, 0.3) is 0 Å². The molecule has 2 aliphatic rings. The molecule has 0 saturated heterocycles. The molecule has 0 amide bonds. The maximum Gasteiger partial charge on any atom is 0.125 e. The van der Waals surface area contributed by atoms with Crippen molar-refractivity contribution in [2.24, 2.45) is 24.8 Å². The Bertz CT molecular complexity index is 398. The minimum Gasteiger partial charge on any atom is -0.337 e. The van der Waals surface area contributed by atoms with Crippen LogP contribution in [0.3, 0.4) is 0 Å². The van der Waals surface area contributed by atoms with Gasteiger partial charge in [0.1, 0.15) is 5.82 Å². The smallest absolute Gasteiger partial charge is 0.125 e. The lowest BCUT2D eigenvalue weighted by molar-refractivity contribution is 0.240. The molecule has 18 heavy (non-hydrogen) atoms. The quantitative estimate of drug-likeness (QED) is 0.867. The van der Waals surface area contributed by atoms with Crippen LogP contribution >= 0.6 is 0 Å². The summed E-state index contributed by atoms with van der Waals surface area (Å²) in [6.45, 7) is 3.34. The Morgan fingerprint density at radius 1 is 1.44 bits per heavy atom. The summed E-state index contributed by atoms with van der Waals surface area (Å²) in [6.07, 6.45) is 11.0. The predicted octanol–water partition coefficient (Wildman–Crippen LogP) is 2.90. The number of nitrogens with one attached hydrogen (secondary N) is 1. The Morgan fingerprint density at radius 2 is 2.33 bits per heavy atom. The normalized spacial score (nSPS) is 32.0. The molecule has 3 rings (SSSR count). The van der Waals surface area contributed by atoms with E-state index in [-0.39, 0.29) is 0 Å². The van der Waals surface area contributed by atoms with E-state index in [1.54, 1.807) is 0 Å². The highest BCUT2D eigenvalue weighted by atomic mass is 15.1. The summed E-state index contributed by atoms with van der Waals surface area (Å²) in [7, 11) is 2.12. The zero-order valence-corrected chi connectivity index (χ0v) is 11.6. The molecule has 2 saturated carbocycles. The third kappa shape index (κ3) is 2.09. The number of rotatable bonds is 5. The monoisotopic (exact) mass is 247 g/mol. The molecule has 3 heteroatoms. The van der Waals surface area contributed by atoms with Crippen LogP contribution in [0.5, 0.6) is 0 Å². The van der Waals surface area contributed by atoms with Crippen molar-refractivity contribution in [2.45, 2.75) is 45.1 Å². The fourth-order valence-corrected chi connectivity index (χ4v) is 4.11. The largest absolute Gasteiger partial charge is 0.337 e. The first-order valence-corrected chi connectivity index (χ1v) is 7.50. The van der Waals surface area contributed by atoms with E-state index >= 15 is 0 Å². The van der Waals surface area contributed by atoms with Crippen molar-refractivity contribution in [3.05, 3.63) is 18.2 Å². The van der Waals surface area contributed by atoms with Crippen LogP contribution in [-0.4, -0.2) is 16.1 Å². The molecule has 2 aliphatic carbocycles. The number of aryl methyl sites for hydroxylation is 1.